The maximum Gasteiger partial charge on any atom is 0.443 e. The van der Waals surface area contributed by atoms with Gasteiger partial charge in [-0.3, -0.25) is 4.79 Å². The molecule has 2 rings (SSSR count). The summed E-state index contributed by atoms with van der Waals surface area (Å²) in [6.45, 7) is 4.71. The predicted molar refractivity (Wildman–Crippen MR) is 66.2 cm³/mol. The Balaban J connectivity index is 2.22. The van der Waals surface area contributed by atoms with E-state index < -0.39 is 11.2 Å². The van der Waals surface area contributed by atoms with Crippen molar-refractivity contribution in [2.45, 2.75) is 32.9 Å². The van der Waals surface area contributed by atoms with Gasteiger partial charge in [-0.2, -0.15) is 13.2 Å². The number of nitrogens with zero attached hydrogens (tertiary/aromatic N) is 2. The molecule has 19 heavy (non-hydrogen) atoms. The molecule has 1 fully saturated rings. The molecule has 2 heterocycles. The van der Waals surface area contributed by atoms with E-state index in [1.54, 1.807) is 4.90 Å². The number of halogens is 3. The van der Waals surface area contributed by atoms with Gasteiger partial charge in [-0.15, -0.1) is 11.3 Å². The lowest BCUT2D eigenvalue weighted by molar-refractivity contribution is -0.137. The third-order valence-electron chi connectivity index (χ3n) is 3.18. The molecule has 3 nitrogen and oxygen atoms in total. The van der Waals surface area contributed by atoms with Crippen LogP contribution in [0.4, 0.5) is 13.2 Å². The van der Waals surface area contributed by atoms with Gasteiger partial charge in [0.2, 0.25) is 0 Å². The maximum absolute atomic E-state index is 12.6. The van der Waals surface area contributed by atoms with Crippen molar-refractivity contribution < 1.29 is 18.0 Å². The van der Waals surface area contributed by atoms with Gasteiger partial charge in [-0.05, 0) is 25.7 Å². The molecule has 1 saturated heterocycles. The van der Waals surface area contributed by atoms with Crippen molar-refractivity contribution in [2.75, 3.05) is 13.1 Å². The molecule has 1 aliphatic rings. The summed E-state index contributed by atoms with van der Waals surface area (Å²) in [6, 6.07) is 0. The molecule has 1 amide bonds. The van der Waals surface area contributed by atoms with Gasteiger partial charge in [0.1, 0.15) is 4.88 Å². The van der Waals surface area contributed by atoms with Gasteiger partial charge in [0, 0.05) is 13.1 Å². The van der Waals surface area contributed by atoms with E-state index in [1.807, 2.05) is 6.92 Å². The molecule has 0 aromatic carbocycles. The Kier molecular flexibility index (Phi) is 3.85. The zero-order chi connectivity index (χ0) is 14.2. The highest BCUT2D eigenvalue weighted by molar-refractivity contribution is 7.13. The molecule has 1 unspecified atom stereocenters. The summed E-state index contributed by atoms with van der Waals surface area (Å²) >= 11 is 0.442. The van der Waals surface area contributed by atoms with Crippen molar-refractivity contribution in [1.29, 1.82) is 0 Å². The highest BCUT2D eigenvalue weighted by Gasteiger charge is 2.37. The second-order valence-electron chi connectivity index (χ2n) is 4.93. The summed E-state index contributed by atoms with van der Waals surface area (Å²) in [6.07, 6.45) is -2.53. The Bertz CT molecular complexity index is 484. The molecular formula is C12H15F3N2OS. The molecule has 0 aliphatic carbocycles. The number of carbonyl (C=O) groups excluding carboxylic acids is 1. The quantitative estimate of drug-likeness (QED) is 0.795. The van der Waals surface area contributed by atoms with Crippen LogP contribution in [0.2, 0.25) is 0 Å². The topological polar surface area (TPSA) is 33.2 Å². The summed E-state index contributed by atoms with van der Waals surface area (Å²) in [4.78, 5) is 17.4. The van der Waals surface area contributed by atoms with Crippen LogP contribution in [0.15, 0.2) is 0 Å². The van der Waals surface area contributed by atoms with Crippen LogP contribution in [0.1, 0.15) is 40.1 Å². The molecule has 106 valence electrons. The molecule has 7 heteroatoms. The van der Waals surface area contributed by atoms with E-state index in [0.29, 0.717) is 30.3 Å². The van der Waals surface area contributed by atoms with Gasteiger partial charge in [-0.1, -0.05) is 6.92 Å². The van der Waals surface area contributed by atoms with Gasteiger partial charge in [0.15, 0.2) is 5.01 Å². The van der Waals surface area contributed by atoms with Gasteiger partial charge in [0.05, 0.1) is 5.69 Å². The van der Waals surface area contributed by atoms with Crippen LogP contribution in [-0.2, 0) is 6.18 Å². The summed E-state index contributed by atoms with van der Waals surface area (Å²) in [5, 5.41) is -0.946. The smallest absolute Gasteiger partial charge is 0.338 e. The van der Waals surface area contributed by atoms with Crippen molar-refractivity contribution in [3.63, 3.8) is 0 Å². The minimum atomic E-state index is -4.48. The van der Waals surface area contributed by atoms with Crippen LogP contribution in [-0.4, -0.2) is 28.9 Å². The Hall–Kier alpha value is -1.11. The maximum atomic E-state index is 12.6. The Morgan fingerprint density at radius 2 is 2.16 bits per heavy atom. The van der Waals surface area contributed by atoms with E-state index in [0.717, 1.165) is 12.8 Å². The molecule has 1 atom stereocenters. The molecule has 0 saturated carbocycles. The summed E-state index contributed by atoms with van der Waals surface area (Å²) in [5.74, 6) is 0.0741. The molecular weight excluding hydrogens is 277 g/mol. The number of rotatable bonds is 1. The molecule has 1 aromatic rings. The first kappa shape index (κ1) is 14.3. The number of likely N-dealkylation sites (tertiary alicyclic amines) is 1. The Morgan fingerprint density at radius 3 is 2.68 bits per heavy atom. The van der Waals surface area contributed by atoms with Gasteiger partial charge < -0.3 is 4.90 Å². The van der Waals surface area contributed by atoms with E-state index in [2.05, 4.69) is 4.98 Å². The number of carbonyl (C=O) groups is 1. The van der Waals surface area contributed by atoms with Crippen LogP contribution in [0.25, 0.3) is 0 Å². The normalized spacial score (nSPS) is 20.7. The van der Waals surface area contributed by atoms with Crippen LogP contribution >= 0.6 is 11.3 Å². The largest absolute Gasteiger partial charge is 0.443 e. The predicted octanol–water partition coefficient (Wildman–Crippen LogP) is 3.34. The fourth-order valence-electron chi connectivity index (χ4n) is 2.23. The van der Waals surface area contributed by atoms with E-state index in [4.69, 9.17) is 0 Å². The average Bonchev–Trinajstić information content (AvgIpc) is 2.70. The highest BCUT2D eigenvalue weighted by atomic mass is 32.1. The molecule has 0 spiro atoms. The van der Waals surface area contributed by atoms with Crippen molar-refractivity contribution in [3.05, 3.63) is 15.6 Å². The SMILES string of the molecule is Cc1nc(C(F)(F)F)sc1C(=O)N1CCCC(C)C1. The lowest BCUT2D eigenvalue weighted by Gasteiger charge is -2.30. The minimum Gasteiger partial charge on any atom is -0.338 e. The van der Waals surface area contributed by atoms with E-state index >= 15 is 0 Å². The summed E-state index contributed by atoms with van der Waals surface area (Å²) in [7, 11) is 0. The van der Waals surface area contributed by atoms with Crippen molar-refractivity contribution in [2.24, 2.45) is 5.92 Å². The number of hydrogen-bond donors (Lipinski definition) is 0. The molecule has 0 bridgehead atoms. The van der Waals surface area contributed by atoms with Crippen molar-refractivity contribution in [1.82, 2.24) is 9.88 Å². The molecule has 1 aliphatic heterocycles. The fourth-order valence-corrected chi connectivity index (χ4v) is 3.13. The number of amides is 1. The average molecular weight is 292 g/mol. The zero-order valence-corrected chi connectivity index (χ0v) is 11.6. The first-order valence-electron chi connectivity index (χ1n) is 6.13. The van der Waals surface area contributed by atoms with Gasteiger partial charge in [-0.25, -0.2) is 4.98 Å². The first-order valence-corrected chi connectivity index (χ1v) is 6.94. The Labute approximate surface area is 113 Å². The third kappa shape index (κ3) is 3.08. The van der Waals surface area contributed by atoms with Crippen LogP contribution < -0.4 is 0 Å². The second-order valence-corrected chi connectivity index (χ2v) is 5.93. The van der Waals surface area contributed by atoms with E-state index in [9.17, 15) is 18.0 Å². The molecule has 1 aromatic heterocycles. The monoisotopic (exact) mass is 292 g/mol. The third-order valence-corrected chi connectivity index (χ3v) is 4.37. The zero-order valence-electron chi connectivity index (χ0n) is 10.8. The fraction of sp³-hybridized carbons (Fsp3) is 0.667. The van der Waals surface area contributed by atoms with E-state index in [1.165, 1.54) is 6.92 Å². The standard InChI is InChI=1S/C12H15F3N2OS/c1-7-4-3-5-17(6-7)10(18)9-8(2)16-11(19-9)12(13,14)15/h7H,3-6H2,1-2H3. The first-order chi connectivity index (χ1) is 8.79. The van der Waals surface area contributed by atoms with Crippen molar-refractivity contribution in [3.8, 4) is 0 Å². The van der Waals surface area contributed by atoms with Gasteiger partial charge >= 0.3 is 6.18 Å². The highest BCUT2D eigenvalue weighted by Crippen LogP contribution is 2.34. The van der Waals surface area contributed by atoms with Gasteiger partial charge in [0.25, 0.3) is 5.91 Å². The van der Waals surface area contributed by atoms with Crippen LogP contribution in [0.3, 0.4) is 0 Å². The molecule has 0 N–H and O–H groups in total. The number of thiazole rings is 1. The summed E-state index contributed by atoms with van der Waals surface area (Å²) < 4.78 is 37.7. The molecule has 0 radical (unpaired) electrons. The number of aryl methyl sites for hydroxylation is 1. The van der Waals surface area contributed by atoms with Crippen LogP contribution in [0, 0.1) is 12.8 Å². The number of alkyl halides is 3. The minimum absolute atomic E-state index is 0.112. The lowest BCUT2D eigenvalue weighted by Crippen LogP contribution is -2.39. The number of piperidine rings is 1. The lowest BCUT2D eigenvalue weighted by atomic mass is 10.0. The van der Waals surface area contributed by atoms with Crippen molar-refractivity contribution >= 4 is 17.2 Å². The summed E-state index contributed by atoms with van der Waals surface area (Å²) in [5.41, 5.74) is 0.167. The second kappa shape index (κ2) is 5.11. The van der Waals surface area contributed by atoms with E-state index in [-0.39, 0.29) is 16.5 Å². The Morgan fingerprint density at radius 1 is 1.47 bits per heavy atom. The number of hydrogen-bond acceptors (Lipinski definition) is 3. The number of aromatic nitrogens is 1. The van der Waals surface area contributed by atoms with Crippen LogP contribution in [0.5, 0.6) is 0 Å².